The van der Waals surface area contributed by atoms with Gasteiger partial charge in [-0.2, -0.15) is 0 Å². The van der Waals surface area contributed by atoms with Crippen LogP contribution in [0.25, 0.3) is 0 Å². The average Bonchev–Trinajstić information content (AvgIpc) is 3.51. The normalized spacial score (nSPS) is 24.1. The molecule has 0 aromatic heterocycles. The number of allylic oxidation sites excluding steroid dienone is 3. The van der Waals surface area contributed by atoms with Gasteiger partial charge in [0.05, 0.1) is 13.2 Å². The Labute approximate surface area is 222 Å². The van der Waals surface area contributed by atoms with Crippen LogP contribution in [-0.2, 0) is 33.3 Å². The molecule has 2 aliphatic rings. The Balaban J connectivity index is 1.95. The molecule has 1 saturated carbocycles. The van der Waals surface area contributed by atoms with Crippen molar-refractivity contribution in [3.05, 3.63) is 35.1 Å². The molecule has 0 aromatic rings. The molecular weight excluding hydrogens is 472 g/mol. The molecule has 0 amide bonds. The molecule has 37 heavy (non-hydrogen) atoms. The van der Waals surface area contributed by atoms with Gasteiger partial charge in [0.1, 0.15) is 6.10 Å². The van der Waals surface area contributed by atoms with Crippen LogP contribution in [0.1, 0.15) is 98.8 Å². The zero-order valence-electron chi connectivity index (χ0n) is 23.6. The molecule has 1 heterocycles. The molecule has 2 fully saturated rings. The summed E-state index contributed by atoms with van der Waals surface area (Å²) in [4.78, 5) is 35.6. The van der Waals surface area contributed by atoms with Crippen molar-refractivity contribution in [2.45, 2.75) is 117 Å². The van der Waals surface area contributed by atoms with E-state index in [4.69, 9.17) is 18.9 Å². The van der Waals surface area contributed by atoms with E-state index < -0.39 is 30.1 Å². The van der Waals surface area contributed by atoms with E-state index in [1.165, 1.54) is 77.0 Å². The van der Waals surface area contributed by atoms with Gasteiger partial charge in [-0.25, -0.2) is 4.79 Å². The van der Waals surface area contributed by atoms with Gasteiger partial charge in [0, 0.05) is 19.4 Å². The van der Waals surface area contributed by atoms with Crippen molar-refractivity contribution in [2.24, 2.45) is 11.8 Å². The molecule has 7 nitrogen and oxygen atoms in total. The van der Waals surface area contributed by atoms with E-state index in [1.807, 2.05) is 0 Å². The first-order valence-electron chi connectivity index (χ1n) is 13.7. The summed E-state index contributed by atoms with van der Waals surface area (Å²) in [6.07, 6.45) is 12.7. The molecule has 2 unspecified atom stereocenters. The molecule has 0 N–H and O–H groups in total. The summed E-state index contributed by atoms with van der Waals surface area (Å²) in [6, 6.07) is 0. The molecule has 2 rings (SSSR count). The number of hydrogen-bond donors (Lipinski definition) is 0. The standard InChI is InChI=1S/C30H46O7/c1-19(2)14-12-10-8-9-11-13-15-24-17-16-20(3)25(24)18-26-29(37-26)27(35-22(5)31)21(4)28(30(33)34-7)36-23(6)32/h14,24-27,29H,3,8-13,15-18H2,1-2,4-7H3/t24-,25-,26+,27?,29?/m0/s1. The third-order valence-corrected chi connectivity index (χ3v) is 7.36. The molecule has 0 aromatic carbocycles. The molecule has 1 aliphatic heterocycles. The Hall–Kier alpha value is -2.41. The van der Waals surface area contributed by atoms with Crippen LogP contribution in [0, 0.1) is 11.8 Å². The quantitative estimate of drug-likeness (QED) is 0.0473. The van der Waals surface area contributed by atoms with Crippen LogP contribution in [0.3, 0.4) is 0 Å². The van der Waals surface area contributed by atoms with Crippen molar-refractivity contribution in [1.82, 2.24) is 0 Å². The summed E-state index contributed by atoms with van der Waals surface area (Å²) >= 11 is 0. The molecule has 7 heteroatoms. The SMILES string of the molecule is C=C1CC[C@H](CCCCCCCC=C(C)C)[C@H]1C[C@H]1OC1C(OC(C)=O)C(C)=C(OC(C)=O)C(=O)OC. The third-order valence-electron chi connectivity index (χ3n) is 7.36. The zero-order valence-corrected chi connectivity index (χ0v) is 23.6. The van der Waals surface area contributed by atoms with Gasteiger partial charge < -0.3 is 18.9 Å². The number of rotatable bonds is 15. The minimum Gasteiger partial charge on any atom is -0.463 e. The highest BCUT2D eigenvalue weighted by molar-refractivity contribution is 5.90. The molecule has 208 valence electrons. The van der Waals surface area contributed by atoms with Crippen LogP contribution < -0.4 is 0 Å². The first-order valence-corrected chi connectivity index (χ1v) is 13.7. The molecule has 0 bridgehead atoms. The Bertz CT molecular complexity index is 880. The highest BCUT2D eigenvalue weighted by Crippen LogP contribution is 2.46. The highest BCUT2D eigenvalue weighted by atomic mass is 16.6. The van der Waals surface area contributed by atoms with Crippen LogP contribution in [0.2, 0.25) is 0 Å². The second-order valence-electron chi connectivity index (χ2n) is 10.7. The number of methoxy groups -OCH3 is 1. The van der Waals surface area contributed by atoms with Crippen molar-refractivity contribution in [3.63, 3.8) is 0 Å². The van der Waals surface area contributed by atoms with E-state index >= 15 is 0 Å². The van der Waals surface area contributed by atoms with Gasteiger partial charge in [-0.05, 0) is 71.1 Å². The molecule has 0 radical (unpaired) electrons. The molecule has 1 aliphatic carbocycles. The van der Waals surface area contributed by atoms with Crippen molar-refractivity contribution >= 4 is 17.9 Å². The van der Waals surface area contributed by atoms with Crippen molar-refractivity contribution < 1.29 is 33.3 Å². The summed E-state index contributed by atoms with van der Waals surface area (Å²) in [5.74, 6) is -1.26. The largest absolute Gasteiger partial charge is 0.463 e. The number of ether oxygens (including phenoxy) is 4. The van der Waals surface area contributed by atoms with Gasteiger partial charge in [0.2, 0.25) is 5.76 Å². The monoisotopic (exact) mass is 518 g/mol. The minimum absolute atomic E-state index is 0.118. The van der Waals surface area contributed by atoms with Crippen LogP contribution >= 0.6 is 0 Å². The fraction of sp³-hybridized carbons (Fsp3) is 0.700. The smallest absolute Gasteiger partial charge is 0.374 e. The van der Waals surface area contributed by atoms with Gasteiger partial charge in [0.25, 0.3) is 0 Å². The fourth-order valence-corrected chi connectivity index (χ4v) is 5.36. The van der Waals surface area contributed by atoms with Crippen molar-refractivity contribution in [3.8, 4) is 0 Å². The zero-order chi connectivity index (χ0) is 27.5. The average molecular weight is 519 g/mol. The first-order chi connectivity index (χ1) is 17.5. The van der Waals surface area contributed by atoms with E-state index in [0.717, 1.165) is 19.3 Å². The fourth-order valence-electron chi connectivity index (χ4n) is 5.36. The Morgan fingerprint density at radius 1 is 1.03 bits per heavy atom. The molecule has 5 atom stereocenters. The summed E-state index contributed by atoms with van der Waals surface area (Å²) in [5, 5.41) is 0. The van der Waals surface area contributed by atoms with E-state index in [0.29, 0.717) is 17.4 Å². The van der Waals surface area contributed by atoms with E-state index in [-0.39, 0.29) is 11.9 Å². The van der Waals surface area contributed by atoms with E-state index in [2.05, 4.69) is 26.5 Å². The van der Waals surface area contributed by atoms with Crippen LogP contribution in [0.4, 0.5) is 0 Å². The highest BCUT2D eigenvalue weighted by Gasteiger charge is 2.50. The number of epoxide rings is 1. The minimum atomic E-state index is -0.838. The molecular formula is C30H46O7. The number of esters is 3. The third kappa shape index (κ3) is 10.1. The van der Waals surface area contributed by atoms with E-state index in [1.54, 1.807) is 6.92 Å². The Morgan fingerprint density at radius 2 is 1.70 bits per heavy atom. The lowest BCUT2D eigenvalue weighted by molar-refractivity contribution is -0.150. The second-order valence-corrected chi connectivity index (χ2v) is 10.7. The second kappa shape index (κ2) is 15.1. The van der Waals surface area contributed by atoms with Gasteiger partial charge in [0.15, 0.2) is 6.10 Å². The lowest BCUT2D eigenvalue weighted by atomic mass is 9.85. The van der Waals surface area contributed by atoms with Gasteiger partial charge >= 0.3 is 17.9 Å². The number of hydrogen-bond acceptors (Lipinski definition) is 7. The number of carbonyl (C=O) groups excluding carboxylic acids is 3. The maximum absolute atomic E-state index is 12.2. The van der Waals surface area contributed by atoms with Gasteiger partial charge in [-0.15, -0.1) is 0 Å². The summed E-state index contributed by atoms with van der Waals surface area (Å²) in [7, 11) is 1.20. The maximum atomic E-state index is 12.2. The number of unbranched alkanes of at least 4 members (excludes halogenated alkanes) is 5. The van der Waals surface area contributed by atoms with Crippen molar-refractivity contribution in [1.29, 1.82) is 0 Å². The predicted molar refractivity (Wildman–Crippen MR) is 142 cm³/mol. The molecule has 1 saturated heterocycles. The van der Waals surface area contributed by atoms with E-state index in [9.17, 15) is 14.4 Å². The summed E-state index contributed by atoms with van der Waals surface area (Å²) in [5.41, 5.74) is 2.97. The van der Waals surface area contributed by atoms with Crippen LogP contribution in [0.5, 0.6) is 0 Å². The lowest BCUT2D eigenvalue weighted by Crippen LogP contribution is -2.29. The Kier molecular flexibility index (Phi) is 12.6. The van der Waals surface area contributed by atoms with Crippen LogP contribution in [-0.4, -0.2) is 43.3 Å². The van der Waals surface area contributed by atoms with Crippen LogP contribution in [0.15, 0.2) is 35.1 Å². The first kappa shape index (κ1) is 30.8. The summed E-state index contributed by atoms with van der Waals surface area (Å²) < 4.78 is 21.4. The topological polar surface area (TPSA) is 91.4 Å². The Morgan fingerprint density at radius 3 is 2.32 bits per heavy atom. The number of carbonyl (C=O) groups is 3. The van der Waals surface area contributed by atoms with Gasteiger partial charge in [-0.3, -0.25) is 9.59 Å². The lowest BCUT2D eigenvalue weighted by Gasteiger charge is -2.21. The summed E-state index contributed by atoms with van der Waals surface area (Å²) in [6.45, 7) is 12.7. The molecule has 0 spiro atoms. The maximum Gasteiger partial charge on any atom is 0.374 e. The van der Waals surface area contributed by atoms with Gasteiger partial charge in [-0.1, -0.05) is 49.5 Å². The van der Waals surface area contributed by atoms with Crippen molar-refractivity contribution in [2.75, 3.05) is 7.11 Å². The predicted octanol–water partition coefficient (Wildman–Crippen LogP) is 6.37.